The summed E-state index contributed by atoms with van der Waals surface area (Å²) in [6.45, 7) is 0. The largest absolute Gasteiger partial charge is 0.501 e. The van der Waals surface area contributed by atoms with Crippen molar-refractivity contribution >= 4 is 10.4 Å². The van der Waals surface area contributed by atoms with E-state index in [1.807, 2.05) is 0 Å². The third-order valence-electron chi connectivity index (χ3n) is 1.07. The fraction of sp³-hybridized carbons (Fsp3) is 0. The van der Waals surface area contributed by atoms with Crippen LogP contribution in [0.25, 0.3) is 0 Å². The third kappa shape index (κ3) is 0.811. The number of hydrogen-bond donors (Lipinski definition) is 1. The van der Waals surface area contributed by atoms with Crippen LogP contribution in [0.2, 0.25) is 0 Å². The van der Waals surface area contributed by atoms with E-state index in [2.05, 4.69) is 12.8 Å². The Bertz CT molecular complexity index is 387. The van der Waals surface area contributed by atoms with Gasteiger partial charge >= 0.3 is 16.3 Å². The molecule has 0 amide bonds. The van der Waals surface area contributed by atoms with Crippen molar-refractivity contribution in [3.63, 3.8) is 0 Å². The molecule has 0 saturated carbocycles. The Morgan fingerprint density at radius 1 is 1.36 bits per heavy atom. The second kappa shape index (κ2) is 1.62. The van der Waals surface area contributed by atoms with Crippen molar-refractivity contribution in [2.75, 3.05) is 0 Å². The van der Waals surface area contributed by atoms with E-state index in [1.165, 1.54) is 0 Å². The number of furan rings is 1. The molecule has 0 aliphatic carbocycles. The predicted molar refractivity (Wildman–Crippen MR) is 30.5 cm³/mol. The van der Waals surface area contributed by atoms with E-state index in [9.17, 15) is 8.42 Å². The smallest absolute Gasteiger partial charge is 0.478 e. The van der Waals surface area contributed by atoms with Gasteiger partial charge in [-0.3, -0.25) is 0 Å². The Morgan fingerprint density at radius 2 is 2.09 bits per heavy atom. The minimum absolute atomic E-state index is 0.137. The fourth-order valence-electron chi connectivity index (χ4n) is 0.685. The van der Waals surface area contributed by atoms with Crippen LogP contribution in [0.15, 0.2) is 10.7 Å². The standard InChI is InChI=1S/C4H2O6S/c5-4-3-2(1-8-4)9-11(6,7)10-3/h1,5H. The zero-order chi connectivity index (χ0) is 8.06. The molecule has 0 fully saturated rings. The highest BCUT2D eigenvalue weighted by Crippen LogP contribution is 2.44. The van der Waals surface area contributed by atoms with E-state index < -0.39 is 16.3 Å². The lowest BCUT2D eigenvalue weighted by Crippen LogP contribution is -2.08. The van der Waals surface area contributed by atoms with Crippen LogP contribution in [0.1, 0.15) is 0 Å². The van der Waals surface area contributed by atoms with Crippen LogP contribution in [0, 0.1) is 0 Å². The maximum Gasteiger partial charge on any atom is 0.501 e. The topological polar surface area (TPSA) is 86.0 Å². The van der Waals surface area contributed by atoms with E-state index in [1.54, 1.807) is 0 Å². The number of fused-ring (bicyclic) bond motifs is 1. The summed E-state index contributed by atoms with van der Waals surface area (Å²) in [5.41, 5.74) is 0. The van der Waals surface area contributed by atoms with Crippen molar-refractivity contribution in [1.82, 2.24) is 0 Å². The Balaban J connectivity index is 2.58. The van der Waals surface area contributed by atoms with Gasteiger partial charge in [0.1, 0.15) is 6.26 Å². The van der Waals surface area contributed by atoms with Crippen LogP contribution in [-0.2, 0) is 10.4 Å². The lowest BCUT2D eigenvalue weighted by atomic mass is 10.5. The van der Waals surface area contributed by atoms with Gasteiger partial charge in [-0.25, -0.2) is 0 Å². The SMILES string of the molecule is O=S1(=O)Oc2coc(O)c2O1. The lowest BCUT2D eigenvalue weighted by molar-refractivity contribution is 0.312. The van der Waals surface area contributed by atoms with Crippen molar-refractivity contribution in [3.05, 3.63) is 6.26 Å². The molecule has 1 aliphatic heterocycles. The van der Waals surface area contributed by atoms with Gasteiger partial charge in [0.2, 0.25) is 5.75 Å². The Labute approximate surface area is 61.3 Å². The summed E-state index contributed by atoms with van der Waals surface area (Å²) in [6.07, 6.45) is 0.940. The Hall–Kier alpha value is -1.37. The summed E-state index contributed by atoms with van der Waals surface area (Å²) >= 11 is 0. The van der Waals surface area contributed by atoms with Crippen molar-refractivity contribution in [2.45, 2.75) is 0 Å². The first-order valence-corrected chi connectivity index (χ1v) is 3.86. The molecule has 60 valence electrons. The van der Waals surface area contributed by atoms with Gasteiger partial charge in [-0.15, -0.1) is 8.42 Å². The molecule has 7 heteroatoms. The molecule has 0 aromatic carbocycles. The van der Waals surface area contributed by atoms with Gasteiger partial charge in [0.15, 0.2) is 0 Å². The van der Waals surface area contributed by atoms with Crippen LogP contribution in [-0.4, -0.2) is 13.5 Å². The van der Waals surface area contributed by atoms with Gasteiger partial charge < -0.3 is 17.9 Å². The molecule has 0 radical (unpaired) electrons. The first-order chi connectivity index (χ1) is 5.08. The molecule has 0 spiro atoms. The summed E-state index contributed by atoms with van der Waals surface area (Å²) in [7, 11) is -4.00. The van der Waals surface area contributed by atoms with Crippen LogP contribution < -0.4 is 8.37 Å². The van der Waals surface area contributed by atoms with Crippen molar-refractivity contribution in [2.24, 2.45) is 0 Å². The second-order valence-corrected chi connectivity index (χ2v) is 2.96. The fourth-order valence-corrected chi connectivity index (χ4v) is 1.41. The molecule has 6 nitrogen and oxygen atoms in total. The summed E-state index contributed by atoms with van der Waals surface area (Å²) in [4.78, 5) is 0. The monoisotopic (exact) mass is 178 g/mol. The molecule has 11 heavy (non-hydrogen) atoms. The molecule has 2 rings (SSSR count). The van der Waals surface area contributed by atoms with Crippen LogP contribution in [0.4, 0.5) is 0 Å². The first kappa shape index (κ1) is 6.35. The van der Waals surface area contributed by atoms with Gasteiger partial charge in [-0.05, 0) is 0 Å². The highest BCUT2D eigenvalue weighted by molar-refractivity contribution is 7.82. The summed E-state index contributed by atoms with van der Waals surface area (Å²) in [6, 6.07) is 0. The normalized spacial score (nSPS) is 18.5. The zero-order valence-electron chi connectivity index (χ0n) is 4.97. The number of hydrogen-bond acceptors (Lipinski definition) is 6. The summed E-state index contributed by atoms with van der Waals surface area (Å²) in [5, 5.41) is 8.77. The van der Waals surface area contributed by atoms with Gasteiger partial charge in [-0.1, -0.05) is 0 Å². The first-order valence-electron chi connectivity index (χ1n) is 2.53. The van der Waals surface area contributed by atoms with Gasteiger partial charge in [0.05, 0.1) is 0 Å². The molecule has 1 aliphatic rings. The van der Waals surface area contributed by atoms with E-state index in [0.717, 1.165) is 6.26 Å². The van der Waals surface area contributed by atoms with E-state index in [0.29, 0.717) is 0 Å². The third-order valence-corrected chi connectivity index (χ3v) is 1.83. The maximum absolute atomic E-state index is 10.5. The molecule has 0 saturated heterocycles. The average Bonchev–Trinajstić information content (AvgIpc) is 2.31. The van der Waals surface area contributed by atoms with Crippen molar-refractivity contribution < 1.29 is 26.3 Å². The maximum atomic E-state index is 10.5. The minimum Gasteiger partial charge on any atom is -0.478 e. The van der Waals surface area contributed by atoms with Crippen LogP contribution in [0.5, 0.6) is 17.4 Å². The van der Waals surface area contributed by atoms with E-state index in [-0.39, 0.29) is 11.5 Å². The van der Waals surface area contributed by atoms with Crippen molar-refractivity contribution in [3.8, 4) is 17.4 Å². The number of aromatic hydroxyl groups is 1. The molecular weight excluding hydrogens is 176 g/mol. The molecule has 2 heterocycles. The summed E-state index contributed by atoms with van der Waals surface area (Å²) < 4.78 is 33.8. The second-order valence-electron chi connectivity index (χ2n) is 1.81. The van der Waals surface area contributed by atoms with Crippen molar-refractivity contribution in [1.29, 1.82) is 0 Å². The molecular formula is C4H2O6S. The summed E-state index contributed by atoms with van der Waals surface area (Å²) in [5.74, 6) is -1.05. The lowest BCUT2D eigenvalue weighted by Gasteiger charge is -1.90. The molecule has 0 atom stereocenters. The average molecular weight is 178 g/mol. The molecule has 0 bridgehead atoms. The highest BCUT2D eigenvalue weighted by atomic mass is 32.3. The molecule has 0 unspecified atom stereocenters. The molecule has 1 aromatic rings. The van der Waals surface area contributed by atoms with Crippen LogP contribution >= 0.6 is 0 Å². The predicted octanol–water partition coefficient (Wildman–Crippen LogP) is 0.00120. The van der Waals surface area contributed by atoms with Gasteiger partial charge in [0, 0.05) is 0 Å². The van der Waals surface area contributed by atoms with E-state index in [4.69, 9.17) is 5.11 Å². The highest BCUT2D eigenvalue weighted by Gasteiger charge is 2.34. The molecule has 1 aromatic heterocycles. The van der Waals surface area contributed by atoms with Crippen LogP contribution in [0.3, 0.4) is 0 Å². The zero-order valence-corrected chi connectivity index (χ0v) is 5.79. The van der Waals surface area contributed by atoms with Gasteiger partial charge in [0.25, 0.3) is 5.75 Å². The Morgan fingerprint density at radius 3 is 2.73 bits per heavy atom. The molecule has 1 N–H and O–H groups in total. The Kier molecular flexibility index (Phi) is 0.933. The quantitative estimate of drug-likeness (QED) is 0.601. The minimum atomic E-state index is -4.00. The number of rotatable bonds is 0. The van der Waals surface area contributed by atoms with Gasteiger partial charge in [-0.2, -0.15) is 0 Å². The van der Waals surface area contributed by atoms with E-state index >= 15 is 0 Å².